The summed E-state index contributed by atoms with van der Waals surface area (Å²) in [5.74, 6) is -3.05. The molecule has 440 valence electrons. The van der Waals surface area contributed by atoms with Crippen LogP contribution in [0.5, 0.6) is 0 Å². The van der Waals surface area contributed by atoms with E-state index in [1.165, 1.54) is 6.08 Å². The maximum atomic E-state index is 12.7. The molecule has 8 fully saturated rings. The lowest BCUT2D eigenvalue weighted by Gasteiger charge is -2.53. The van der Waals surface area contributed by atoms with E-state index in [0.29, 0.717) is 44.9 Å². The summed E-state index contributed by atoms with van der Waals surface area (Å²) in [6, 6.07) is 0. The van der Waals surface area contributed by atoms with Gasteiger partial charge < -0.3 is 119 Å². The van der Waals surface area contributed by atoms with E-state index in [1.807, 2.05) is 0 Å². The first-order chi connectivity index (χ1) is 36.7. The molecule has 8 rings (SSSR count). The van der Waals surface area contributed by atoms with Crippen molar-refractivity contribution in [2.75, 3.05) is 19.8 Å². The van der Waals surface area contributed by atoms with Gasteiger partial charge in [0, 0.05) is 24.5 Å². The number of allylic oxidation sites excluding steroid dienone is 2. The molecule has 4 aliphatic heterocycles. The van der Waals surface area contributed by atoms with Crippen molar-refractivity contribution in [2.45, 2.75) is 237 Å². The monoisotopic (exact) mass is 1110 g/mol. The Morgan fingerprint density at radius 2 is 0.961 bits per heavy atom. The lowest BCUT2D eigenvalue weighted by Crippen LogP contribution is -2.66. The molecule has 0 aromatic rings. The van der Waals surface area contributed by atoms with Gasteiger partial charge >= 0.3 is 11.9 Å². The molecule has 77 heavy (non-hydrogen) atoms. The van der Waals surface area contributed by atoms with E-state index in [-0.39, 0.29) is 50.4 Å². The van der Waals surface area contributed by atoms with E-state index in [9.17, 15) is 86.2 Å². The van der Waals surface area contributed by atoms with Gasteiger partial charge in [0.2, 0.25) is 0 Å². The van der Waals surface area contributed by atoms with Crippen LogP contribution in [0, 0.1) is 23.7 Å². The van der Waals surface area contributed by atoms with Gasteiger partial charge in [0.15, 0.2) is 18.9 Å². The lowest BCUT2D eigenvalue weighted by molar-refractivity contribution is -0.380. The highest BCUT2D eigenvalue weighted by Gasteiger charge is 2.56. The number of carbonyl (C=O) groups excluding carboxylic acids is 2. The third kappa shape index (κ3) is 14.8. The van der Waals surface area contributed by atoms with Crippen molar-refractivity contribution in [3.05, 3.63) is 24.3 Å². The summed E-state index contributed by atoms with van der Waals surface area (Å²) >= 11 is 0. The summed E-state index contributed by atoms with van der Waals surface area (Å²) in [7, 11) is 0. The third-order valence-corrected chi connectivity index (χ3v) is 16.9. The largest absolute Gasteiger partial charge is 0.460 e. The maximum absolute atomic E-state index is 12.7. The Morgan fingerprint density at radius 1 is 0.442 bits per heavy atom. The lowest BCUT2D eigenvalue weighted by atomic mass is 9.72. The molecular weight excluding hydrogens is 1030 g/mol. The van der Waals surface area contributed by atoms with Crippen LogP contribution in [0.1, 0.15) is 83.5 Å². The molecule has 0 spiro atoms. The van der Waals surface area contributed by atoms with Crippen molar-refractivity contribution in [3.63, 3.8) is 0 Å². The van der Waals surface area contributed by atoms with E-state index < -0.39 is 197 Å². The molecule has 4 heterocycles. The molecule has 27 atom stereocenters. The second-order valence-corrected chi connectivity index (χ2v) is 22.3. The van der Waals surface area contributed by atoms with Crippen molar-refractivity contribution in [3.8, 4) is 0 Å². The van der Waals surface area contributed by atoms with Crippen molar-refractivity contribution >= 4 is 11.9 Å². The van der Waals surface area contributed by atoms with Crippen LogP contribution in [0.4, 0.5) is 0 Å². The number of carbonyl (C=O) groups is 2. The SMILES string of the molecule is O=C(C=CC1CCC(O)C(O)C1)OCC1OC(OC2CC(O)CC3OC(C4CCC(O)C(O)C4)C(OC4OC(CO)C(O)C(O)C4OC4OC(COC(=O)C=CC5CCC(O)CC5)C(O)C(O)C4O)CC23)C(O)C(O)C1O. The van der Waals surface area contributed by atoms with Gasteiger partial charge in [-0.2, -0.15) is 0 Å². The van der Waals surface area contributed by atoms with E-state index in [0.717, 1.165) is 6.08 Å². The van der Waals surface area contributed by atoms with Crippen LogP contribution in [0.25, 0.3) is 0 Å². The predicted octanol–water partition coefficient (Wildman–Crippen LogP) is -5.08. The molecule has 0 aromatic heterocycles. The van der Waals surface area contributed by atoms with Crippen LogP contribution in [0.2, 0.25) is 0 Å². The van der Waals surface area contributed by atoms with Crippen LogP contribution < -0.4 is 0 Å². The van der Waals surface area contributed by atoms with Crippen molar-refractivity contribution in [2.24, 2.45) is 23.7 Å². The van der Waals surface area contributed by atoms with E-state index >= 15 is 0 Å². The van der Waals surface area contributed by atoms with Gasteiger partial charge in [-0.3, -0.25) is 0 Å². The molecule has 0 bridgehead atoms. The van der Waals surface area contributed by atoms with Gasteiger partial charge in [-0.1, -0.05) is 12.2 Å². The first kappa shape index (κ1) is 60.6. The zero-order valence-electron chi connectivity index (χ0n) is 42.6. The van der Waals surface area contributed by atoms with Crippen molar-refractivity contribution in [1.29, 1.82) is 0 Å². The molecule has 0 aromatic carbocycles. The molecule has 26 nitrogen and oxygen atoms in total. The van der Waals surface area contributed by atoms with Crippen LogP contribution in [0.15, 0.2) is 24.3 Å². The molecule has 0 amide bonds. The summed E-state index contributed by atoms with van der Waals surface area (Å²) in [6.45, 7) is -2.06. The average molecular weight is 1110 g/mol. The molecular formula is C51H80O26. The fourth-order valence-corrected chi connectivity index (χ4v) is 12.2. The summed E-state index contributed by atoms with van der Waals surface area (Å²) in [5, 5.41) is 161. The zero-order valence-corrected chi connectivity index (χ0v) is 42.6. The molecule has 4 saturated carbocycles. The average Bonchev–Trinajstić information content (AvgIpc) is 3.43. The van der Waals surface area contributed by atoms with Gasteiger partial charge in [-0.15, -0.1) is 0 Å². The Kier molecular flexibility index (Phi) is 21.3. The quantitative estimate of drug-likeness (QED) is 0.0508. The first-order valence-corrected chi connectivity index (χ1v) is 27.1. The van der Waals surface area contributed by atoms with E-state index in [4.69, 9.17) is 42.6 Å². The van der Waals surface area contributed by atoms with Gasteiger partial charge in [0.25, 0.3) is 0 Å². The molecule has 0 radical (unpaired) electrons. The Hall–Kier alpha value is -2.46. The first-order valence-electron chi connectivity index (χ1n) is 27.1. The second-order valence-electron chi connectivity index (χ2n) is 22.3. The van der Waals surface area contributed by atoms with E-state index in [1.54, 1.807) is 12.2 Å². The second kappa shape index (κ2) is 27.1. The molecule has 15 N–H and O–H groups in total. The summed E-state index contributed by atoms with van der Waals surface area (Å²) in [6.07, 6.45) is -26.3. The minimum Gasteiger partial charge on any atom is -0.460 e. The predicted molar refractivity (Wildman–Crippen MR) is 255 cm³/mol. The minimum absolute atomic E-state index is 0.0205. The smallest absolute Gasteiger partial charge is 0.330 e. The number of rotatable bonds is 16. The van der Waals surface area contributed by atoms with E-state index in [2.05, 4.69) is 0 Å². The van der Waals surface area contributed by atoms with Gasteiger partial charge in [-0.25, -0.2) is 9.59 Å². The number of hydrogen-bond donors (Lipinski definition) is 15. The van der Waals surface area contributed by atoms with Crippen molar-refractivity contribution in [1.82, 2.24) is 0 Å². The van der Waals surface area contributed by atoms with Crippen LogP contribution in [-0.2, 0) is 52.2 Å². The molecule has 4 saturated heterocycles. The zero-order chi connectivity index (χ0) is 55.4. The normalized spacial score (nSPS) is 49.1. The highest BCUT2D eigenvalue weighted by molar-refractivity contribution is 5.82. The highest BCUT2D eigenvalue weighted by Crippen LogP contribution is 2.45. The van der Waals surface area contributed by atoms with Crippen LogP contribution in [-0.4, -0.2) is 262 Å². The molecule has 8 aliphatic rings. The number of fused-ring (bicyclic) bond motifs is 1. The Morgan fingerprint density at radius 3 is 1.55 bits per heavy atom. The number of hydrogen-bond acceptors (Lipinski definition) is 26. The molecule has 4 aliphatic carbocycles. The molecule has 26 heteroatoms. The van der Waals surface area contributed by atoms with Gasteiger partial charge in [0.1, 0.15) is 86.5 Å². The van der Waals surface area contributed by atoms with Crippen LogP contribution in [0.3, 0.4) is 0 Å². The highest BCUT2D eigenvalue weighted by atomic mass is 16.8. The topological polar surface area (TPSA) is 421 Å². The Balaban J connectivity index is 0.976. The maximum Gasteiger partial charge on any atom is 0.330 e. The summed E-state index contributed by atoms with van der Waals surface area (Å²) in [4.78, 5) is 25.4. The fourth-order valence-electron chi connectivity index (χ4n) is 12.2. The Labute approximate surface area is 444 Å². The summed E-state index contributed by atoms with van der Waals surface area (Å²) in [5.41, 5.74) is 0. The number of ether oxygens (including phenoxy) is 9. The standard InChI is InChI=1S/C51H80O26/c52-18-34-39(61)44(66)48(77-50-46(68)43(65)41(63)36(76-50)20-69-37(59)11-4-21-1-7-24(53)8-2-21)51(74-34)73-33-17-26-31(71-47(33)23-6-10-28(56)30(58)14-23)15-25(54)16-32(26)72-49-45(67)42(64)40(62)35(75-49)19-70-38(60)12-5-22-3-9-27(55)29(57)13-22/h4-5,11-12,21-36,39-58,61-68H,1-3,6-10,13-20H2. The summed E-state index contributed by atoms with van der Waals surface area (Å²) < 4.78 is 54.2. The van der Waals surface area contributed by atoms with Crippen LogP contribution >= 0.6 is 0 Å². The Bertz CT molecular complexity index is 1940. The van der Waals surface area contributed by atoms with Crippen molar-refractivity contribution < 1.29 is 129 Å². The number of aliphatic hydroxyl groups is 15. The fraction of sp³-hybridized carbons (Fsp3) is 0.882. The number of aliphatic hydroxyl groups excluding tert-OH is 15. The number of esters is 2. The third-order valence-electron chi connectivity index (χ3n) is 16.9. The molecule has 27 unspecified atom stereocenters. The minimum atomic E-state index is -2.01. The van der Waals surface area contributed by atoms with Gasteiger partial charge in [0.05, 0.1) is 67.6 Å². The van der Waals surface area contributed by atoms with Gasteiger partial charge in [-0.05, 0) is 94.8 Å².